The third-order valence-electron chi connectivity index (χ3n) is 10.7. The van der Waals surface area contributed by atoms with Crippen LogP contribution in [0.5, 0.6) is 0 Å². The van der Waals surface area contributed by atoms with Gasteiger partial charge in [0, 0.05) is 18.8 Å². The van der Waals surface area contributed by atoms with E-state index in [0.717, 1.165) is 37.2 Å². The Labute approximate surface area is 200 Å². The molecule has 5 rings (SSSR count). The van der Waals surface area contributed by atoms with Crippen molar-refractivity contribution in [1.82, 2.24) is 0 Å². The van der Waals surface area contributed by atoms with Crippen LogP contribution in [-0.2, 0) is 20.9 Å². The van der Waals surface area contributed by atoms with Crippen molar-refractivity contribution < 1.29 is 14.3 Å². The Morgan fingerprint density at radius 3 is 2.58 bits per heavy atom. The lowest BCUT2D eigenvalue weighted by atomic mass is 9.44. The fraction of sp³-hybridized carbons (Fsp3) is 0.733. The van der Waals surface area contributed by atoms with Crippen LogP contribution >= 0.6 is 0 Å². The summed E-state index contributed by atoms with van der Waals surface area (Å²) in [5.74, 6) is 3.62. The number of benzene rings is 1. The highest BCUT2D eigenvalue weighted by Gasteiger charge is 2.61. The quantitative estimate of drug-likeness (QED) is 0.433. The molecule has 0 N–H and O–H groups in total. The maximum absolute atomic E-state index is 13.2. The molecule has 180 valence electrons. The van der Waals surface area contributed by atoms with E-state index in [1.807, 2.05) is 30.3 Å². The lowest BCUT2D eigenvalue weighted by molar-refractivity contribution is -0.154. The topological polar surface area (TPSA) is 43.4 Å². The molecule has 3 unspecified atom stereocenters. The second kappa shape index (κ2) is 9.19. The minimum absolute atomic E-state index is 0.0728. The Balaban J connectivity index is 1.17. The summed E-state index contributed by atoms with van der Waals surface area (Å²) < 4.78 is 5.49. The summed E-state index contributed by atoms with van der Waals surface area (Å²) in [7, 11) is 0. The second-order valence-electron chi connectivity index (χ2n) is 12.2. The zero-order valence-electron chi connectivity index (χ0n) is 20.7. The SMILES string of the molecule is C[C@]12CCC3[C@@H](CC(=O)[C@@H]4CCCC[C@]34C)C1CCC2CCCC(=O)OCc1ccccc1. The lowest BCUT2D eigenvalue weighted by Gasteiger charge is -2.59. The normalized spacial score (nSPS) is 39.9. The predicted octanol–water partition coefficient (Wildman–Crippen LogP) is 7.13. The van der Waals surface area contributed by atoms with Gasteiger partial charge in [0.1, 0.15) is 12.4 Å². The van der Waals surface area contributed by atoms with Gasteiger partial charge >= 0.3 is 5.97 Å². The molecule has 4 aliphatic rings. The summed E-state index contributed by atoms with van der Waals surface area (Å²) in [6.07, 6.45) is 13.6. The van der Waals surface area contributed by atoms with Crippen molar-refractivity contribution in [3.63, 3.8) is 0 Å². The Bertz CT molecular complexity index is 863. The van der Waals surface area contributed by atoms with Gasteiger partial charge in [-0.1, -0.05) is 57.0 Å². The third-order valence-corrected chi connectivity index (χ3v) is 10.7. The summed E-state index contributed by atoms with van der Waals surface area (Å²) in [5, 5.41) is 0. The van der Waals surface area contributed by atoms with Crippen molar-refractivity contribution in [2.75, 3.05) is 0 Å². The number of hydrogen-bond donors (Lipinski definition) is 0. The molecular weight excluding hydrogens is 408 g/mol. The molecule has 3 heteroatoms. The van der Waals surface area contributed by atoms with Crippen LogP contribution in [-0.4, -0.2) is 11.8 Å². The van der Waals surface area contributed by atoms with Crippen LogP contribution in [0.15, 0.2) is 30.3 Å². The number of ether oxygens (including phenoxy) is 1. The molecule has 1 aromatic rings. The van der Waals surface area contributed by atoms with E-state index in [-0.39, 0.29) is 11.4 Å². The standard InChI is InChI=1S/C30H42O3/c1-29-18-16-25-23(19-27(31)26-12-6-7-17-30(25,26)2)24(29)15-14-22(29)11-8-13-28(32)33-20-21-9-4-3-5-10-21/h3-5,9-10,22-26H,6-8,11-20H2,1-2H3/t22?,23-,24?,25?,26-,29+,30+/m0/s1. The van der Waals surface area contributed by atoms with Crippen LogP contribution < -0.4 is 0 Å². The van der Waals surface area contributed by atoms with Gasteiger partial charge in [0.05, 0.1) is 0 Å². The highest BCUT2D eigenvalue weighted by atomic mass is 16.5. The van der Waals surface area contributed by atoms with Gasteiger partial charge in [0.25, 0.3) is 0 Å². The van der Waals surface area contributed by atoms with Crippen molar-refractivity contribution >= 4 is 11.8 Å². The minimum atomic E-state index is -0.0728. The van der Waals surface area contributed by atoms with E-state index in [1.165, 1.54) is 44.9 Å². The molecule has 0 saturated heterocycles. The fourth-order valence-corrected chi connectivity index (χ4v) is 8.98. The number of fused-ring (bicyclic) bond motifs is 5. The van der Waals surface area contributed by atoms with Crippen LogP contribution in [0, 0.1) is 40.4 Å². The van der Waals surface area contributed by atoms with Crippen LogP contribution in [0.1, 0.15) is 96.5 Å². The molecule has 4 fully saturated rings. The Hall–Kier alpha value is -1.64. The van der Waals surface area contributed by atoms with Gasteiger partial charge in [-0.3, -0.25) is 9.59 Å². The summed E-state index contributed by atoms with van der Waals surface area (Å²) in [5.41, 5.74) is 1.66. The van der Waals surface area contributed by atoms with E-state index >= 15 is 0 Å². The van der Waals surface area contributed by atoms with Crippen LogP contribution in [0.2, 0.25) is 0 Å². The molecular formula is C30H42O3. The molecule has 0 heterocycles. The van der Waals surface area contributed by atoms with E-state index < -0.39 is 0 Å². The Morgan fingerprint density at radius 1 is 0.970 bits per heavy atom. The smallest absolute Gasteiger partial charge is 0.306 e. The van der Waals surface area contributed by atoms with Gasteiger partial charge in [-0.2, -0.15) is 0 Å². The largest absolute Gasteiger partial charge is 0.461 e. The maximum atomic E-state index is 13.2. The number of carbonyl (C=O) groups excluding carboxylic acids is 2. The average Bonchev–Trinajstić information content (AvgIpc) is 3.15. The van der Waals surface area contributed by atoms with Gasteiger partial charge in [0.15, 0.2) is 0 Å². The zero-order chi connectivity index (χ0) is 23.1. The first-order chi connectivity index (χ1) is 15.9. The molecule has 33 heavy (non-hydrogen) atoms. The van der Waals surface area contributed by atoms with Gasteiger partial charge < -0.3 is 4.74 Å². The van der Waals surface area contributed by atoms with E-state index in [0.29, 0.717) is 47.9 Å². The number of rotatable bonds is 6. The van der Waals surface area contributed by atoms with Crippen molar-refractivity contribution in [2.45, 2.75) is 97.5 Å². The summed E-state index contributed by atoms with van der Waals surface area (Å²) >= 11 is 0. The molecule has 0 radical (unpaired) electrons. The Morgan fingerprint density at radius 2 is 1.76 bits per heavy atom. The molecule has 0 amide bonds. The summed E-state index contributed by atoms with van der Waals surface area (Å²) in [6, 6.07) is 9.92. The number of Topliss-reactive ketones (excluding diaryl/α,β-unsaturated/α-hetero) is 1. The first-order valence-electron chi connectivity index (χ1n) is 13.6. The first-order valence-corrected chi connectivity index (χ1v) is 13.6. The van der Waals surface area contributed by atoms with Crippen molar-refractivity contribution in [3.8, 4) is 0 Å². The summed E-state index contributed by atoms with van der Waals surface area (Å²) in [6.45, 7) is 5.38. The summed E-state index contributed by atoms with van der Waals surface area (Å²) in [4.78, 5) is 25.5. The molecule has 3 nitrogen and oxygen atoms in total. The highest BCUT2D eigenvalue weighted by Crippen LogP contribution is 2.67. The minimum Gasteiger partial charge on any atom is -0.461 e. The fourth-order valence-electron chi connectivity index (χ4n) is 8.98. The monoisotopic (exact) mass is 450 g/mol. The Kier molecular flexibility index (Phi) is 6.44. The van der Waals surface area contributed by atoms with Gasteiger partial charge in [-0.15, -0.1) is 0 Å². The number of carbonyl (C=O) groups is 2. The highest BCUT2D eigenvalue weighted by molar-refractivity contribution is 5.83. The third kappa shape index (κ3) is 4.19. The van der Waals surface area contributed by atoms with E-state index in [1.54, 1.807) is 0 Å². The molecule has 0 spiro atoms. The second-order valence-corrected chi connectivity index (χ2v) is 12.2. The van der Waals surface area contributed by atoms with Crippen molar-refractivity contribution in [1.29, 1.82) is 0 Å². The number of esters is 1. The van der Waals surface area contributed by atoms with E-state index in [2.05, 4.69) is 13.8 Å². The van der Waals surface area contributed by atoms with Crippen LogP contribution in [0.25, 0.3) is 0 Å². The molecule has 1 aromatic carbocycles. The molecule has 0 aromatic heterocycles. The van der Waals surface area contributed by atoms with E-state index in [4.69, 9.17) is 4.74 Å². The molecule has 7 atom stereocenters. The number of hydrogen-bond acceptors (Lipinski definition) is 3. The van der Waals surface area contributed by atoms with Gasteiger partial charge in [-0.25, -0.2) is 0 Å². The first kappa shape index (κ1) is 23.1. The van der Waals surface area contributed by atoms with E-state index in [9.17, 15) is 9.59 Å². The van der Waals surface area contributed by atoms with Crippen molar-refractivity contribution in [3.05, 3.63) is 35.9 Å². The van der Waals surface area contributed by atoms with Crippen LogP contribution in [0.4, 0.5) is 0 Å². The van der Waals surface area contributed by atoms with Crippen LogP contribution in [0.3, 0.4) is 0 Å². The molecule has 0 bridgehead atoms. The zero-order valence-corrected chi connectivity index (χ0v) is 20.7. The predicted molar refractivity (Wildman–Crippen MR) is 130 cm³/mol. The van der Waals surface area contributed by atoms with Crippen molar-refractivity contribution in [2.24, 2.45) is 40.4 Å². The molecule has 4 saturated carbocycles. The van der Waals surface area contributed by atoms with Gasteiger partial charge in [-0.05, 0) is 91.4 Å². The number of ketones is 1. The maximum Gasteiger partial charge on any atom is 0.306 e. The van der Waals surface area contributed by atoms with Gasteiger partial charge in [0.2, 0.25) is 0 Å². The molecule has 4 aliphatic carbocycles. The average molecular weight is 451 g/mol. The molecule has 0 aliphatic heterocycles. The lowest BCUT2D eigenvalue weighted by Crippen LogP contribution is -2.55.